The van der Waals surface area contributed by atoms with Crippen molar-refractivity contribution in [1.29, 1.82) is 0 Å². The molecule has 0 amide bonds. The highest BCUT2D eigenvalue weighted by Gasteiger charge is 2.15. The van der Waals surface area contributed by atoms with E-state index in [0.717, 1.165) is 17.3 Å². The van der Waals surface area contributed by atoms with Crippen molar-refractivity contribution in [2.45, 2.75) is 11.1 Å². The minimum atomic E-state index is -3.22. The van der Waals surface area contributed by atoms with Crippen LogP contribution in [0.4, 0.5) is 0 Å². The largest absolute Gasteiger partial charge is 0.411 e. The Morgan fingerprint density at radius 1 is 1.62 bits per heavy atom. The average Bonchev–Trinajstić information content (AvgIpc) is 2.30. The van der Waals surface area contributed by atoms with Gasteiger partial charge in [-0.05, 0) is 13.0 Å². The summed E-state index contributed by atoms with van der Waals surface area (Å²) in [4.78, 5) is 0.871. The first-order chi connectivity index (χ1) is 5.95. The molecule has 0 bridgehead atoms. The van der Waals surface area contributed by atoms with Crippen LogP contribution in [0.15, 0.2) is 15.4 Å². The summed E-state index contributed by atoms with van der Waals surface area (Å²) < 4.78 is 22.7. The molecule has 0 saturated carbocycles. The van der Waals surface area contributed by atoms with Crippen molar-refractivity contribution in [2.75, 3.05) is 6.26 Å². The van der Waals surface area contributed by atoms with Crippen LogP contribution in [0.1, 0.15) is 10.4 Å². The second-order valence-corrected chi connectivity index (χ2v) is 6.08. The highest BCUT2D eigenvalue weighted by atomic mass is 32.2. The van der Waals surface area contributed by atoms with Crippen molar-refractivity contribution in [3.05, 3.63) is 16.5 Å². The fourth-order valence-electron chi connectivity index (χ4n) is 0.954. The van der Waals surface area contributed by atoms with E-state index in [-0.39, 0.29) is 4.21 Å². The Balaban J connectivity index is 3.36. The Hall–Kier alpha value is -0.880. The van der Waals surface area contributed by atoms with Crippen LogP contribution in [0.25, 0.3) is 0 Å². The number of sulfone groups is 1. The van der Waals surface area contributed by atoms with E-state index in [2.05, 4.69) is 5.16 Å². The minimum Gasteiger partial charge on any atom is -0.411 e. The van der Waals surface area contributed by atoms with Gasteiger partial charge in [-0.1, -0.05) is 5.16 Å². The van der Waals surface area contributed by atoms with Crippen molar-refractivity contribution < 1.29 is 13.6 Å². The van der Waals surface area contributed by atoms with E-state index >= 15 is 0 Å². The van der Waals surface area contributed by atoms with Gasteiger partial charge in [-0.25, -0.2) is 8.42 Å². The summed E-state index contributed by atoms with van der Waals surface area (Å²) in [6.07, 6.45) is 2.26. The summed E-state index contributed by atoms with van der Waals surface area (Å²) in [6, 6.07) is 1.67. The summed E-state index contributed by atoms with van der Waals surface area (Å²) in [7, 11) is -3.22. The van der Waals surface area contributed by atoms with Crippen LogP contribution in [0.3, 0.4) is 0 Å². The molecule has 0 aliphatic carbocycles. The van der Waals surface area contributed by atoms with Gasteiger partial charge in [0.05, 0.1) is 6.21 Å². The second-order valence-electron chi connectivity index (χ2n) is 2.62. The highest BCUT2D eigenvalue weighted by Crippen LogP contribution is 2.25. The maximum atomic E-state index is 11.2. The number of hydrogen-bond donors (Lipinski definition) is 1. The lowest BCUT2D eigenvalue weighted by molar-refractivity contribution is 0.322. The maximum Gasteiger partial charge on any atom is 0.185 e. The Morgan fingerprint density at radius 2 is 2.23 bits per heavy atom. The van der Waals surface area contributed by atoms with Gasteiger partial charge in [-0.3, -0.25) is 0 Å². The van der Waals surface area contributed by atoms with Crippen molar-refractivity contribution in [2.24, 2.45) is 5.16 Å². The lowest BCUT2D eigenvalue weighted by Gasteiger charge is -1.93. The molecule has 0 aliphatic rings. The van der Waals surface area contributed by atoms with E-state index < -0.39 is 9.84 Å². The number of rotatable bonds is 2. The van der Waals surface area contributed by atoms with Crippen LogP contribution in [0.2, 0.25) is 0 Å². The third-order valence-electron chi connectivity index (χ3n) is 1.38. The van der Waals surface area contributed by atoms with E-state index in [1.807, 2.05) is 0 Å². The molecule has 0 radical (unpaired) electrons. The van der Waals surface area contributed by atoms with Gasteiger partial charge >= 0.3 is 0 Å². The standard InChI is InChI=1S/C7H9NO3S2/c1-5-3-6(4-8-9)7(12-5)13(2,10)11/h3-4,9H,1-2H3/b8-4-. The normalized spacial score (nSPS) is 12.5. The second kappa shape index (κ2) is 3.47. The van der Waals surface area contributed by atoms with Gasteiger partial charge in [0.25, 0.3) is 0 Å². The zero-order valence-corrected chi connectivity index (χ0v) is 8.82. The number of oxime groups is 1. The summed E-state index contributed by atoms with van der Waals surface area (Å²) >= 11 is 1.17. The van der Waals surface area contributed by atoms with Crippen LogP contribution < -0.4 is 0 Å². The quantitative estimate of drug-likeness (QED) is 0.462. The molecule has 1 rings (SSSR count). The van der Waals surface area contributed by atoms with E-state index in [1.54, 1.807) is 13.0 Å². The average molecular weight is 219 g/mol. The Kier molecular flexibility index (Phi) is 2.72. The SMILES string of the molecule is Cc1cc(/C=N\O)c(S(C)(=O)=O)s1. The first-order valence-corrected chi connectivity index (χ1v) is 6.14. The van der Waals surface area contributed by atoms with E-state index in [9.17, 15) is 8.42 Å². The zero-order chi connectivity index (χ0) is 10.1. The highest BCUT2D eigenvalue weighted by molar-refractivity contribution is 7.92. The first-order valence-electron chi connectivity index (χ1n) is 3.43. The molecule has 0 spiro atoms. The molecule has 6 heteroatoms. The monoisotopic (exact) mass is 219 g/mol. The number of aryl methyl sites for hydroxylation is 1. The molecular weight excluding hydrogens is 210 g/mol. The van der Waals surface area contributed by atoms with Crippen LogP contribution in [-0.2, 0) is 9.84 Å². The molecule has 1 aromatic rings. The summed E-state index contributed by atoms with van der Waals surface area (Å²) in [5, 5.41) is 11.1. The molecular formula is C7H9NO3S2. The lowest BCUT2D eigenvalue weighted by atomic mass is 10.3. The molecule has 1 heterocycles. The molecule has 1 N–H and O–H groups in total. The zero-order valence-electron chi connectivity index (χ0n) is 7.18. The molecule has 4 nitrogen and oxygen atoms in total. The van der Waals surface area contributed by atoms with E-state index in [0.29, 0.717) is 5.56 Å². The smallest absolute Gasteiger partial charge is 0.185 e. The molecule has 72 valence electrons. The minimum absolute atomic E-state index is 0.239. The van der Waals surface area contributed by atoms with Gasteiger partial charge in [-0.15, -0.1) is 11.3 Å². The van der Waals surface area contributed by atoms with Crippen molar-refractivity contribution >= 4 is 27.4 Å². The topological polar surface area (TPSA) is 66.7 Å². The van der Waals surface area contributed by atoms with Gasteiger partial charge in [0, 0.05) is 16.7 Å². The molecule has 0 fully saturated rings. The molecule has 0 unspecified atom stereocenters. The maximum absolute atomic E-state index is 11.2. The molecule has 0 saturated heterocycles. The Morgan fingerprint density at radius 3 is 2.69 bits per heavy atom. The number of thiophene rings is 1. The van der Waals surface area contributed by atoms with Gasteiger partial charge < -0.3 is 5.21 Å². The van der Waals surface area contributed by atoms with Gasteiger partial charge in [0.15, 0.2) is 9.84 Å². The lowest BCUT2D eigenvalue weighted by Crippen LogP contribution is -1.97. The number of hydrogen-bond acceptors (Lipinski definition) is 5. The van der Waals surface area contributed by atoms with Crippen molar-refractivity contribution in [3.63, 3.8) is 0 Å². The molecule has 13 heavy (non-hydrogen) atoms. The van der Waals surface area contributed by atoms with Gasteiger partial charge in [-0.2, -0.15) is 0 Å². The summed E-state index contributed by atoms with van der Waals surface area (Å²) in [6.45, 7) is 1.80. The third-order valence-corrected chi connectivity index (χ3v) is 4.31. The van der Waals surface area contributed by atoms with E-state index in [4.69, 9.17) is 5.21 Å². The first kappa shape index (κ1) is 10.2. The van der Waals surface area contributed by atoms with Crippen LogP contribution in [-0.4, -0.2) is 26.1 Å². The predicted molar refractivity (Wildman–Crippen MR) is 51.5 cm³/mol. The van der Waals surface area contributed by atoms with Crippen LogP contribution in [0.5, 0.6) is 0 Å². The van der Waals surface area contributed by atoms with E-state index in [1.165, 1.54) is 11.3 Å². The third kappa shape index (κ3) is 2.28. The van der Waals surface area contributed by atoms with Crippen molar-refractivity contribution in [1.82, 2.24) is 0 Å². The number of nitrogens with zero attached hydrogens (tertiary/aromatic N) is 1. The summed E-state index contributed by atoms with van der Waals surface area (Å²) in [5.74, 6) is 0. The van der Waals surface area contributed by atoms with Crippen LogP contribution >= 0.6 is 11.3 Å². The van der Waals surface area contributed by atoms with Crippen LogP contribution in [0, 0.1) is 6.92 Å². The molecule has 1 aromatic heterocycles. The fourth-order valence-corrected chi connectivity index (χ4v) is 3.20. The fraction of sp³-hybridized carbons (Fsp3) is 0.286. The Labute approximate surface area is 80.4 Å². The summed E-state index contributed by atoms with van der Waals surface area (Å²) in [5.41, 5.74) is 0.438. The van der Waals surface area contributed by atoms with Gasteiger partial charge in [0.2, 0.25) is 0 Å². The Bertz CT molecular complexity index is 431. The predicted octanol–water partition coefficient (Wildman–Crippen LogP) is 1.27. The molecule has 0 aromatic carbocycles. The molecule has 0 aliphatic heterocycles. The molecule has 0 atom stereocenters. The van der Waals surface area contributed by atoms with Gasteiger partial charge in [0.1, 0.15) is 4.21 Å². The van der Waals surface area contributed by atoms with Crippen molar-refractivity contribution in [3.8, 4) is 0 Å².